The first kappa shape index (κ1) is 10.3. The Balaban J connectivity index is 1.78. The molecule has 1 N–H and O–H groups in total. The molecule has 2 aromatic rings. The summed E-state index contributed by atoms with van der Waals surface area (Å²) in [6, 6.07) is 0. The topological polar surface area (TPSA) is 63.8 Å². The average Bonchev–Trinajstić information content (AvgIpc) is 2.95. The van der Waals surface area contributed by atoms with Gasteiger partial charge in [0.15, 0.2) is 0 Å². The van der Waals surface area contributed by atoms with Gasteiger partial charge in [-0.1, -0.05) is 5.16 Å². The first-order chi connectivity index (χ1) is 8.34. The van der Waals surface area contributed by atoms with Crippen LogP contribution in [0.5, 0.6) is 0 Å². The van der Waals surface area contributed by atoms with E-state index in [2.05, 4.69) is 20.4 Å². The Morgan fingerprint density at radius 1 is 1.35 bits per heavy atom. The van der Waals surface area contributed by atoms with Gasteiger partial charge in [-0.15, -0.1) is 0 Å². The molecule has 0 bridgehead atoms. The van der Waals surface area contributed by atoms with E-state index in [4.69, 9.17) is 4.52 Å². The standard InChI is InChI=1S/C12H14N4O/c1-8-6-17-16-11(8)5-13-12-9-3-2-4-10(9)14-7-15-12/h6-7H,2-5H2,1H3,(H,13,14,15). The van der Waals surface area contributed by atoms with Crippen LogP contribution in [-0.2, 0) is 19.4 Å². The molecule has 1 aliphatic carbocycles. The normalized spacial score (nSPS) is 13.7. The molecule has 0 aliphatic heterocycles. The second kappa shape index (κ2) is 4.16. The van der Waals surface area contributed by atoms with Gasteiger partial charge in [0.2, 0.25) is 0 Å². The molecular weight excluding hydrogens is 216 g/mol. The van der Waals surface area contributed by atoms with Crippen LogP contribution < -0.4 is 5.32 Å². The van der Waals surface area contributed by atoms with Crippen LogP contribution in [-0.4, -0.2) is 15.1 Å². The number of aromatic nitrogens is 3. The summed E-state index contributed by atoms with van der Waals surface area (Å²) in [6.45, 7) is 2.63. The number of fused-ring (bicyclic) bond motifs is 1. The molecule has 5 heteroatoms. The predicted molar refractivity (Wildman–Crippen MR) is 62.6 cm³/mol. The Hall–Kier alpha value is -1.91. The summed E-state index contributed by atoms with van der Waals surface area (Å²) < 4.78 is 4.90. The van der Waals surface area contributed by atoms with Crippen molar-refractivity contribution in [3.63, 3.8) is 0 Å². The lowest BCUT2D eigenvalue weighted by Crippen LogP contribution is -2.06. The molecule has 0 atom stereocenters. The first-order valence-electron chi connectivity index (χ1n) is 5.81. The summed E-state index contributed by atoms with van der Waals surface area (Å²) in [7, 11) is 0. The van der Waals surface area contributed by atoms with Crippen molar-refractivity contribution in [3.8, 4) is 0 Å². The van der Waals surface area contributed by atoms with Crippen LogP contribution in [0.3, 0.4) is 0 Å². The SMILES string of the molecule is Cc1conc1CNc1ncnc2c1CCC2. The van der Waals surface area contributed by atoms with Crippen molar-refractivity contribution in [1.82, 2.24) is 15.1 Å². The van der Waals surface area contributed by atoms with E-state index in [-0.39, 0.29) is 0 Å². The van der Waals surface area contributed by atoms with Crippen LogP contribution in [0.2, 0.25) is 0 Å². The summed E-state index contributed by atoms with van der Waals surface area (Å²) in [5.74, 6) is 0.940. The number of hydrogen-bond acceptors (Lipinski definition) is 5. The third kappa shape index (κ3) is 1.88. The second-order valence-electron chi connectivity index (χ2n) is 4.30. The van der Waals surface area contributed by atoms with Gasteiger partial charge < -0.3 is 9.84 Å². The first-order valence-corrected chi connectivity index (χ1v) is 5.81. The van der Waals surface area contributed by atoms with Gasteiger partial charge in [0.1, 0.15) is 24.1 Å². The van der Waals surface area contributed by atoms with Gasteiger partial charge in [-0.2, -0.15) is 0 Å². The van der Waals surface area contributed by atoms with Crippen molar-refractivity contribution in [3.05, 3.63) is 35.1 Å². The molecule has 0 saturated carbocycles. The van der Waals surface area contributed by atoms with E-state index in [0.717, 1.165) is 29.9 Å². The highest BCUT2D eigenvalue weighted by molar-refractivity contribution is 5.48. The van der Waals surface area contributed by atoms with Crippen LogP contribution in [0.15, 0.2) is 17.1 Å². The third-order valence-electron chi connectivity index (χ3n) is 3.15. The van der Waals surface area contributed by atoms with E-state index < -0.39 is 0 Å². The largest absolute Gasteiger partial charge is 0.364 e. The molecule has 2 aromatic heterocycles. The van der Waals surface area contributed by atoms with Crippen LogP contribution >= 0.6 is 0 Å². The van der Waals surface area contributed by atoms with E-state index in [0.29, 0.717) is 6.54 Å². The maximum absolute atomic E-state index is 4.90. The zero-order valence-electron chi connectivity index (χ0n) is 9.73. The Labute approximate surface area is 99.3 Å². The smallest absolute Gasteiger partial charge is 0.133 e. The minimum atomic E-state index is 0.645. The lowest BCUT2D eigenvalue weighted by atomic mass is 10.2. The fraction of sp³-hybridized carbons (Fsp3) is 0.417. The van der Waals surface area contributed by atoms with Gasteiger partial charge in [0.05, 0.1) is 6.54 Å². The van der Waals surface area contributed by atoms with Crippen LogP contribution in [0.25, 0.3) is 0 Å². The zero-order chi connectivity index (χ0) is 11.7. The van der Waals surface area contributed by atoms with E-state index in [9.17, 15) is 0 Å². The number of nitrogens with zero attached hydrogens (tertiary/aromatic N) is 3. The Morgan fingerprint density at radius 3 is 3.12 bits per heavy atom. The lowest BCUT2D eigenvalue weighted by molar-refractivity contribution is 0.412. The van der Waals surface area contributed by atoms with Crippen LogP contribution in [0.4, 0.5) is 5.82 Å². The third-order valence-corrected chi connectivity index (χ3v) is 3.15. The number of nitrogens with one attached hydrogen (secondary N) is 1. The quantitative estimate of drug-likeness (QED) is 0.872. The number of anilines is 1. The van der Waals surface area contributed by atoms with Crippen molar-refractivity contribution in [2.75, 3.05) is 5.32 Å². The van der Waals surface area contributed by atoms with E-state index in [1.807, 2.05) is 6.92 Å². The Bertz CT molecular complexity index is 535. The predicted octanol–water partition coefficient (Wildman–Crippen LogP) is 1.87. The van der Waals surface area contributed by atoms with Gasteiger partial charge in [0.25, 0.3) is 0 Å². The van der Waals surface area contributed by atoms with Crippen molar-refractivity contribution in [1.29, 1.82) is 0 Å². The van der Waals surface area contributed by atoms with E-state index in [1.54, 1.807) is 12.6 Å². The zero-order valence-corrected chi connectivity index (χ0v) is 9.73. The second-order valence-corrected chi connectivity index (χ2v) is 4.30. The van der Waals surface area contributed by atoms with Crippen molar-refractivity contribution < 1.29 is 4.52 Å². The summed E-state index contributed by atoms with van der Waals surface area (Å²) in [5.41, 5.74) is 4.42. The van der Waals surface area contributed by atoms with Gasteiger partial charge >= 0.3 is 0 Å². The minimum Gasteiger partial charge on any atom is -0.364 e. The average molecular weight is 230 g/mol. The van der Waals surface area contributed by atoms with E-state index >= 15 is 0 Å². The highest BCUT2D eigenvalue weighted by Gasteiger charge is 2.17. The molecule has 0 amide bonds. The summed E-state index contributed by atoms with van der Waals surface area (Å²) in [5, 5.41) is 7.26. The fourth-order valence-corrected chi connectivity index (χ4v) is 2.16. The van der Waals surface area contributed by atoms with Gasteiger partial charge in [0, 0.05) is 16.8 Å². The van der Waals surface area contributed by atoms with Gasteiger partial charge in [-0.25, -0.2) is 9.97 Å². The maximum atomic E-state index is 4.90. The Morgan fingerprint density at radius 2 is 2.29 bits per heavy atom. The fourth-order valence-electron chi connectivity index (χ4n) is 2.16. The Kier molecular flexibility index (Phi) is 2.51. The molecule has 3 rings (SSSR count). The molecule has 1 aliphatic rings. The van der Waals surface area contributed by atoms with Gasteiger partial charge in [-0.3, -0.25) is 0 Å². The monoisotopic (exact) mass is 230 g/mol. The number of hydrogen-bond donors (Lipinski definition) is 1. The van der Waals surface area contributed by atoms with Crippen molar-refractivity contribution >= 4 is 5.82 Å². The van der Waals surface area contributed by atoms with Crippen LogP contribution in [0.1, 0.15) is 28.9 Å². The van der Waals surface area contributed by atoms with E-state index in [1.165, 1.54) is 17.7 Å². The molecule has 5 nitrogen and oxygen atoms in total. The molecule has 17 heavy (non-hydrogen) atoms. The highest BCUT2D eigenvalue weighted by atomic mass is 16.5. The molecule has 0 spiro atoms. The van der Waals surface area contributed by atoms with Gasteiger partial charge in [-0.05, 0) is 26.2 Å². The molecule has 0 saturated heterocycles. The molecule has 0 unspecified atom stereocenters. The molecular formula is C12H14N4O. The summed E-state index contributed by atoms with van der Waals surface area (Å²) >= 11 is 0. The molecule has 2 heterocycles. The molecule has 0 fully saturated rings. The number of aryl methyl sites for hydroxylation is 2. The lowest BCUT2D eigenvalue weighted by Gasteiger charge is -2.08. The molecule has 88 valence electrons. The summed E-state index contributed by atoms with van der Waals surface area (Å²) in [6.07, 6.45) is 6.58. The van der Waals surface area contributed by atoms with Crippen molar-refractivity contribution in [2.45, 2.75) is 32.7 Å². The van der Waals surface area contributed by atoms with Crippen molar-refractivity contribution in [2.24, 2.45) is 0 Å². The molecule has 0 radical (unpaired) electrons. The highest BCUT2D eigenvalue weighted by Crippen LogP contribution is 2.25. The summed E-state index contributed by atoms with van der Waals surface area (Å²) in [4.78, 5) is 8.60. The van der Waals surface area contributed by atoms with Crippen LogP contribution in [0, 0.1) is 6.92 Å². The number of rotatable bonds is 3. The minimum absolute atomic E-state index is 0.645. The maximum Gasteiger partial charge on any atom is 0.133 e. The molecule has 0 aromatic carbocycles.